The van der Waals surface area contributed by atoms with Crippen molar-refractivity contribution in [3.05, 3.63) is 0 Å². The van der Waals surface area contributed by atoms with Gasteiger partial charge in [-0.05, 0) is 60.9 Å². The van der Waals surface area contributed by atoms with Crippen LogP contribution in [0.4, 0.5) is 4.79 Å². The van der Waals surface area contributed by atoms with Crippen molar-refractivity contribution in [2.24, 2.45) is 5.73 Å². The highest BCUT2D eigenvalue weighted by Crippen LogP contribution is 2.12. The Morgan fingerprint density at radius 2 is 1.55 bits per heavy atom. The normalized spacial score (nSPS) is 13.6. The minimum atomic E-state index is -0.743. The van der Waals surface area contributed by atoms with Gasteiger partial charge >= 0.3 is 12.1 Å². The zero-order valence-corrected chi connectivity index (χ0v) is 13.4. The Kier molecular flexibility index (Phi) is 6.99. The number of carbonyl (C=O) groups excluding carboxylic acids is 2. The summed E-state index contributed by atoms with van der Waals surface area (Å²) in [6.07, 6.45) is 0.398. The van der Waals surface area contributed by atoms with Crippen LogP contribution in [0.5, 0.6) is 0 Å². The van der Waals surface area contributed by atoms with Crippen molar-refractivity contribution in [2.45, 2.75) is 71.6 Å². The molecule has 0 saturated carbocycles. The third-order valence-corrected chi connectivity index (χ3v) is 2.08. The van der Waals surface area contributed by atoms with Gasteiger partial charge < -0.3 is 20.5 Å². The first kappa shape index (κ1) is 18.7. The van der Waals surface area contributed by atoms with Gasteiger partial charge in [-0.3, -0.25) is 0 Å². The number of carbonyl (C=O) groups is 2. The maximum absolute atomic E-state index is 12.0. The van der Waals surface area contributed by atoms with Crippen molar-refractivity contribution < 1.29 is 19.1 Å². The zero-order chi connectivity index (χ0) is 16.0. The Hall–Kier alpha value is -1.30. The Morgan fingerprint density at radius 3 is 1.95 bits per heavy atom. The van der Waals surface area contributed by atoms with Gasteiger partial charge in [-0.2, -0.15) is 0 Å². The molecular weight excluding hydrogens is 260 g/mol. The first-order valence-corrected chi connectivity index (χ1v) is 6.87. The highest BCUT2D eigenvalue weighted by molar-refractivity contribution is 5.81. The lowest BCUT2D eigenvalue weighted by molar-refractivity contribution is -0.157. The Bertz CT molecular complexity index is 329. The molecule has 0 bridgehead atoms. The molecule has 0 radical (unpaired) electrons. The molecule has 1 amide bonds. The molecule has 0 aromatic heterocycles. The fourth-order valence-electron chi connectivity index (χ4n) is 1.39. The third-order valence-electron chi connectivity index (χ3n) is 2.08. The smallest absolute Gasteiger partial charge is 0.408 e. The molecule has 3 N–H and O–H groups in total. The first-order valence-electron chi connectivity index (χ1n) is 6.87. The van der Waals surface area contributed by atoms with E-state index in [1.165, 1.54) is 0 Å². The summed E-state index contributed by atoms with van der Waals surface area (Å²) in [5.74, 6) is -0.475. The summed E-state index contributed by atoms with van der Waals surface area (Å²) in [6.45, 7) is 11.0. The second-order valence-electron chi connectivity index (χ2n) is 6.66. The van der Waals surface area contributed by atoms with Gasteiger partial charge in [0.15, 0.2) is 0 Å². The lowest BCUT2D eigenvalue weighted by atomic mass is 10.1. The van der Waals surface area contributed by atoms with Gasteiger partial charge in [-0.1, -0.05) is 0 Å². The van der Waals surface area contributed by atoms with E-state index in [1.54, 1.807) is 41.5 Å². The topological polar surface area (TPSA) is 90.6 Å². The minimum absolute atomic E-state index is 0.421. The molecule has 1 atom stereocenters. The molecule has 6 heteroatoms. The van der Waals surface area contributed by atoms with E-state index in [1.807, 2.05) is 0 Å². The van der Waals surface area contributed by atoms with E-state index in [9.17, 15) is 9.59 Å². The van der Waals surface area contributed by atoms with E-state index < -0.39 is 29.3 Å². The fourth-order valence-corrected chi connectivity index (χ4v) is 1.39. The largest absolute Gasteiger partial charge is 0.458 e. The maximum atomic E-state index is 12.0. The van der Waals surface area contributed by atoms with E-state index in [2.05, 4.69) is 5.32 Å². The molecule has 0 aliphatic rings. The number of nitrogens with two attached hydrogens (primary N) is 1. The molecule has 0 fully saturated rings. The lowest BCUT2D eigenvalue weighted by Crippen LogP contribution is -2.46. The predicted molar refractivity (Wildman–Crippen MR) is 77.3 cm³/mol. The third kappa shape index (κ3) is 9.61. The van der Waals surface area contributed by atoms with Crippen LogP contribution < -0.4 is 11.1 Å². The molecule has 0 aliphatic carbocycles. The van der Waals surface area contributed by atoms with Crippen molar-refractivity contribution in [3.63, 3.8) is 0 Å². The summed E-state index contributed by atoms with van der Waals surface area (Å²) in [6, 6.07) is -0.743. The number of ether oxygens (including phenoxy) is 2. The number of hydrogen-bond donors (Lipinski definition) is 2. The van der Waals surface area contributed by atoms with Gasteiger partial charge in [0.1, 0.15) is 17.2 Å². The molecule has 6 nitrogen and oxygen atoms in total. The zero-order valence-electron chi connectivity index (χ0n) is 13.4. The quantitative estimate of drug-likeness (QED) is 0.755. The molecule has 0 heterocycles. The number of nitrogens with one attached hydrogen (secondary N) is 1. The SMILES string of the molecule is CC(C)(C)OC(=O)N[C@H](CCCN)C(=O)OC(C)(C)C. The monoisotopic (exact) mass is 288 g/mol. The van der Waals surface area contributed by atoms with Crippen LogP contribution in [0.3, 0.4) is 0 Å². The van der Waals surface area contributed by atoms with Crippen LogP contribution >= 0.6 is 0 Å². The Balaban J connectivity index is 4.63. The second kappa shape index (κ2) is 7.47. The lowest BCUT2D eigenvalue weighted by Gasteiger charge is -2.26. The molecule has 0 aliphatic heterocycles. The van der Waals surface area contributed by atoms with Crippen LogP contribution in [0.15, 0.2) is 0 Å². The van der Waals surface area contributed by atoms with Gasteiger partial charge in [0, 0.05) is 0 Å². The van der Waals surface area contributed by atoms with Crippen molar-refractivity contribution in [1.82, 2.24) is 5.32 Å². The van der Waals surface area contributed by atoms with Crippen LogP contribution in [-0.2, 0) is 14.3 Å². The fraction of sp³-hybridized carbons (Fsp3) is 0.857. The maximum Gasteiger partial charge on any atom is 0.408 e. The van der Waals surface area contributed by atoms with Gasteiger partial charge in [-0.15, -0.1) is 0 Å². The van der Waals surface area contributed by atoms with Gasteiger partial charge in [0.25, 0.3) is 0 Å². The highest BCUT2D eigenvalue weighted by atomic mass is 16.6. The average molecular weight is 288 g/mol. The van der Waals surface area contributed by atoms with Crippen LogP contribution in [0, 0.1) is 0 Å². The number of alkyl carbamates (subject to hydrolysis) is 1. The van der Waals surface area contributed by atoms with Crippen molar-refractivity contribution >= 4 is 12.1 Å². The predicted octanol–water partition coefficient (Wildman–Crippen LogP) is 1.96. The minimum Gasteiger partial charge on any atom is -0.458 e. The molecule has 0 unspecified atom stereocenters. The van der Waals surface area contributed by atoms with Crippen molar-refractivity contribution in [2.75, 3.05) is 6.54 Å². The van der Waals surface area contributed by atoms with Crippen LogP contribution in [0.2, 0.25) is 0 Å². The molecule has 0 aromatic carbocycles. The highest BCUT2D eigenvalue weighted by Gasteiger charge is 2.28. The summed E-state index contributed by atoms with van der Waals surface area (Å²) >= 11 is 0. The van der Waals surface area contributed by atoms with Crippen LogP contribution in [0.1, 0.15) is 54.4 Å². The molecular formula is C14H28N2O4. The molecule has 0 rings (SSSR count). The molecule has 118 valence electrons. The number of esters is 1. The summed E-state index contributed by atoms with van der Waals surface area (Å²) in [4.78, 5) is 23.8. The van der Waals surface area contributed by atoms with E-state index in [0.29, 0.717) is 19.4 Å². The van der Waals surface area contributed by atoms with E-state index in [-0.39, 0.29) is 0 Å². The van der Waals surface area contributed by atoms with Crippen molar-refractivity contribution in [1.29, 1.82) is 0 Å². The van der Waals surface area contributed by atoms with Crippen molar-refractivity contribution in [3.8, 4) is 0 Å². The van der Waals surface area contributed by atoms with Gasteiger partial charge in [0.05, 0.1) is 0 Å². The van der Waals surface area contributed by atoms with Crippen LogP contribution in [-0.4, -0.2) is 35.9 Å². The standard InChI is InChI=1S/C14H28N2O4/c1-13(2,3)19-11(17)10(8-7-9-15)16-12(18)20-14(4,5)6/h10H,7-9,15H2,1-6H3,(H,16,18)/t10-/m1/s1. The number of amides is 1. The van der Waals surface area contributed by atoms with Gasteiger partial charge in [-0.25, -0.2) is 9.59 Å². The summed E-state index contributed by atoms with van der Waals surface area (Å²) in [5, 5.41) is 2.54. The molecule has 0 saturated heterocycles. The van der Waals surface area contributed by atoms with Gasteiger partial charge in [0.2, 0.25) is 0 Å². The second-order valence-corrected chi connectivity index (χ2v) is 6.66. The summed E-state index contributed by atoms with van der Waals surface area (Å²) < 4.78 is 10.4. The summed E-state index contributed by atoms with van der Waals surface area (Å²) in [7, 11) is 0. The Morgan fingerprint density at radius 1 is 1.05 bits per heavy atom. The van der Waals surface area contributed by atoms with E-state index in [4.69, 9.17) is 15.2 Å². The first-order chi connectivity index (χ1) is 8.94. The number of rotatable bonds is 5. The molecule has 0 aromatic rings. The molecule has 0 spiro atoms. The Labute approximate surface area is 121 Å². The van der Waals surface area contributed by atoms with E-state index >= 15 is 0 Å². The average Bonchev–Trinajstić information content (AvgIpc) is 2.18. The molecule has 20 heavy (non-hydrogen) atoms. The summed E-state index contributed by atoms with van der Waals surface area (Å²) in [5.41, 5.74) is 4.22. The van der Waals surface area contributed by atoms with E-state index in [0.717, 1.165) is 0 Å². The number of hydrogen-bond acceptors (Lipinski definition) is 5. The van der Waals surface area contributed by atoms with Crippen LogP contribution in [0.25, 0.3) is 0 Å².